The van der Waals surface area contributed by atoms with Gasteiger partial charge in [0.1, 0.15) is 17.2 Å². The first kappa shape index (κ1) is 30.8. The molecule has 0 bridgehead atoms. The van der Waals surface area contributed by atoms with Crippen LogP contribution in [0.4, 0.5) is 10.5 Å². The van der Waals surface area contributed by atoms with E-state index in [9.17, 15) is 9.59 Å². The topological polar surface area (TPSA) is 86.3 Å². The number of carbonyl (C=O) groups is 2. The first-order valence-corrected chi connectivity index (χ1v) is 13.5. The lowest BCUT2D eigenvalue weighted by atomic mass is 10.1. The van der Waals surface area contributed by atoms with Crippen LogP contribution in [-0.2, 0) is 16.0 Å². The molecule has 0 atom stereocenters. The molecular formula is C30H44N2O6. The molecule has 0 heterocycles. The zero-order valence-electron chi connectivity index (χ0n) is 23.8. The van der Waals surface area contributed by atoms with E-state index in [1.807, 2.05) is 29.2 Å². The average molecular weight is 529 g/mol. The molecule has 210 valence electrons. The summed E-state index contributed by atoms with van der Waals surface area (Å²) < 4.78 is 21.6. The fourth-order valence-corrected chi connectivity index (χ4v) is 3.95. The Kier molecular flexibility index (Phi) is 12.8. The fraction of sp³-hybridized carbons (Fsp3) is 0.533. The summed E-state index contributed by atoms with van der Waals surface area (Å²) in [6.07, 6.45) is 6.27. The predicted octanol–water partition coefficient (Wildman–Crippen LogP) is 6.47. The number of nitrogens with zero attached hydrogens (tertiary/aromatic N) is 1. The second-order valence-corrected chi connectivity index (χ2v) is 9.62. The van der Waals surface area contributed by atoms with E-state index in [1.54, 1.807) is 53.2 Å². The van der Waals surface area contributed by atoms with Crippen LogP contribution >= 0.6 is 0 Å². The van der Waals surface area contributed by atoms with Gasteiger partial charge in [0.2, 0.25) is 0 Å². The summed E-state index contributed by atoms with van der Waals surface area (Å²) in [5, 5.41) is 3.00. The highest BCUT2D eigenvalue weighted by Crippen LogP contribution is 2.29. The van der Waals surface area contributed by atoms with Gasteiger partial charge in [0.15, 0.2) is 5.60 Å². The number of unbranched alkanes of at least 4 members (excludes halogenated alkanes) is 4. The zero-order valence-corrected chi connectivity index (χ0v) is 23.8. The number of methoxy groups -OCH3 is 2. The maximum Gasteiger partial charge on any atom is 0.349 e. The number of nitrogens with one attached hydrogen (secondary N) is 1. The van der Waals surface area contributed by atoms with Gasteiger partial charge in [-0.3, -0.25) is 0 Å². The standard InChI is InChI=1S/C30H44N2O6/c1-7-9-10-11-12-20-32(29(34)31-26-18-17-25(35-5)22-27(26)36-6)21-19-23-13-15-24(16-14-23)38-30(3,4)28(33)37-8-2/h13-18,22H,7-12,19-21H2,1-6H3,(H,31,34). The summed E-state index contributed by atoms with van der Waals surface area (Å²) in [4.78, 5) is 27.2. The summed E-state index contributed by atoms with van der Waals surface area (Å²) >= 11 is 0. The molecule has 8 heteroatoms. The van der Waals surface area contributed by atoms with E-state index in [1.165, 1.54) is 19.3 Å². The summed E-state index contributed by atoms with van der Waals surface area (Å²) in [7, 11) is 3.16. The van der Waals surface area contributed by atoms with Crippen molar-refractivity contribution >= 4 is 17.7 Å². The van der Waals surface area contributed by atoms with Crippen LogP contribution in [0.15, 0.2) is 42.5 Å². The van der Waals surface area contributed by atoms with E-state index in [0.717, 1.165) is 18.4 Å². The molecule has 2 amide bonds. The summed E-state index contributed by atoms with van der Waals surface area (Å²) in [6, 6.07) is 12.8. The number of hydrogen-bond acceptors (Lipinski definition) is 6. The molecule has 0 saturated carbocycles. The fourth-order valence-electron chi connectivity index (χ4n) is 3.95. The molecule has 0 fully saturated rings. The lowest BCUT2D eigenvalue weighted by Gasteiger charge is -2.25. The molecule has 0 radical (unpaired) electrons. The predicted molar refractivity (Wildman–Crippen MR) is 150 cm³/mol. The van der Waals surface area contributed by atoms with Crippen LogP contribution in [0.3, 0.4) is 0 Å². The smallest absolute Gasteiger partial charge is 0.349 e. The number of esters is 1. The van der Waals surface area contributed by atoms with Crippen molar-refractivity contribution in [2.45, 2.75) is 71.8 Å². The molecule has 0 aliphatic heterocycles. The van der Waals surface area contributed by atoms with Gasteiger partial charge in [0.05, 0.1) is 26.5 Å². The molecule has 0 spiro atoms. The summed E-state index contributed by atoms with van der Waals surface area (Å²) in [5.41, 5.74) is 0.587. The molecule has 0 aliphatic rings. The Labute approximate surface area is 227 Å². The van der Waals surface area contributed by atoms with Gasteiger partial charge in [-0.1, -0.05) is 44.7 Å². The van der Waals surface area contributed by atoms with Crippen LogP contribution in [0.2, 0.25) is 0 Å². The first-order chi connectivity index (χ1) is 18.2. The van der Waals surface area contributed by atoms with Gasteiger partial charge in [-0.15, -0.1) is 0 Å². The number of amides is 2. The second kappa shape index (κ2) is 15.7. The van der Waals surface area contributed by atoms with Gasteiger partial charge in [0.25, 0.3) is 0 Å². The van der Waals surface area contributed by atoms with E-state index >= 15 is 0 Å². The molecule has 0 unspecified atom stereocenters. The molecule has 2 rings (SSSR count). The van der Waals surface area contributed by atoms with Gasteiger partial charge in [-0.2, -0.15) is 0 Å². The Hall–Kier alpha value is -3.42. The molecular weight excluding hydrogens is 484 g/mol. The molecule has 0 aliphatic carbocycles. The Bertz CT molecular complexity index is 1010. The monoisotopic (exact) mass is 528 g/mol. The van der Waals surface area contributed by atoms with E-state index in [2.05, 4.69) is 12.2 Å². The van der Waals surface area contributed by atoms with Crippen molar-refractivity contribution in [3.8, 4) is 17.2 Å². The van der Waals surface area contributed by atoms with Gasteiger partial charge in [0, 0.05) is 19.2 Å². The minimum Gasteiger partial charge on any atom is -0.497 e. The van der Waals surface area contributed by atoms with Crippen LogP contribution < -0.4 is 19.5 Å². The lowest BCUT2D eigenvalue weighted by molar-refractivity contribution is -0.158. The largest absolute Gasteiger partial charge is 0.497 e. The van der Waals surface area contributed by atoms with E-state index in [0.29, 0.717) is 49.1 Å². The number of anilines is 1. The van der Waals surface area contributed by atoms with Gasteiger partial charge < -0.3 is 29.2 Å². The third-order valence-corrected chi connectivity index (χ3v) is 6.20. The Morgan fingerprint density at radius 2 is 1.55 bits per heavy atom. The Morgan fingerprint density at radius 3 is 2.18 bits per heavy atom. The highest BCUT2D eigenvalue weighted by atomic mass is 16.6. The maximum atomic E-state index is 13.3. The lowest BCUT2D eigenvalue weighted by Crippen LogP contribution is -2.39. The van der Waals surface area contributed by atoms with Crippen molar-refractivity contribution in [3.05, 3.63) is 48.0 Å². The first-order valence-electron chi connectivity index (χ1n) is 13.5. The van der Waals surface area contributed by atoms with E-state index < -0.39 is 11.6 Å². The highest BCUT2D eigenvalue weighted by molar-refractivity contribution is 5.91. The third-order valence-electron chi connectivity index (χ3n) is 6.20. The molecule has 8 nitrogen and oxygen atoms in total. The minimum absolute atomic E-state index is 0.167. The van der Waals surface area contributed by atoms with Crippen LogP contribution in [0, 0.1) is 0 Å². The highest BCUT2D eigenvalue weighted by Gasteiger charge is 2.31. The van der Waals surface area contributed by atoms with Crippen LogP contribution in [0.25, 0.3) is 0 Å². The number of carbonyl (C=O) groups excluding carboxylic acids is 2. The van der Waals surface area contributed by atoms with Gasteiger partial charge >= 0.3 is 12.0 Å². The SMILES string of the molecule is CCCCCCCN(CCc1ccc(OC(C)(C)C(=O)OCC)cc1)C(=O)Nc1ccc(OC)cc1OC. The quantitative estimate of drug-likeness (QED) is 0.198. The van der Waals surface area contributed by atoms with Crippen LogP contribution in [0.1, 0.15) is 65.4 Å². The van der Waals surface area contributed by atoms with Crippen molar-refractivity contribution in [2.75, 3.05) is 39.2 Å². The van der Waals surface area contributed by atoms with Crippen molar-refractivity contribution in [1.29, 1.82) is 0 Å². The van der Waals surface area contributed by atoms with Crippen molar-refractivity contribution < 1.29 is 28.5 Å². The maximum absolute atomic E-state index is 13.3. The molecule has 0 aromatic heterocycles. The van der Waals surface area contributed by atoms with Crippen molar-refractivity contribution in [3.63, 3.8) is 0 Å². The van der Waals surface area contributed by atoms with Crippen molar-refractivity contribution in [1.82, 2.24) is 4.90 Å². The molecule has 2 aromatic carbocycles. The molecule has 1 N–H and O–H groups in total. The Balaban J connectivity index is 2.05. The van der Waals surface area contributed by atoms with Crippen LogP contribution in [-0.4, -0.2) is 56.4 Å². The minimum atomic E-state index is -1.08. The number of benzene rings is 2. The third kappa shape index (κ3) is 9.80. The number of rotatable bonds is 16. The van der Waals surface area contributed by atoms with Crippen LogP contribution in [0.5, 0.6) is 17.2 Å². The zero-order chi connectivity index (χ0) is 28.0. The second-order valence-electron chi connectivity index (χ2n) is 9.62. The molecule has 2 aromatic rings. The number of hydrogen-bond donors (Lipinski definition) is 1. The number of ether oxygens (including phenoxy) is 4. The Morgan fingerprint density at radius 1 is 0.868 bits per heavy atom. The van der Waals surface area contributed by atoms with E-state index in [-0.39, 0.29) is 6.03 Å². The van der Waals surface area contributed by atoms with E-state index in [4.69, 9.17) is 18.9 Å². The number of urea groups is 1. The van der Waals surface area contributed by atoms with Gasteiger partial charge in [-0.05, 0) is 63.4 Å². The summed E-state index contributed by atoms with van der Waals surface area (Å²) in [6.45, 7) is 8.87. The summed E-state index contributed by atoms with van der Waals surface area (Å²) in [5.74, 6) is 1.38. The van der Waals surface area contributed by atoms with Gasteiger partial charge in [-0.25, -0.2) is 9.59 Å². The van der Waals surface area contributed by atoms with Crippen molar-refractivity contribution in [2.24, 2.45) is 0 Å². The molecule has 0 saturated heterocycles. The average Bonchev–Trinajstić information content (AvgIpc) is 2.91. The molecule has 38 heavy (non-hydrogen) atoms. The normalized spacial score (nSPS) is 11.0.